The minimum absolute atomic E-state index is 0.312. The van der Waals surface area contributed by atoms with Gasteiger partial charge in [-0.1, -0.05) is 26.0 Å². The molecule has 2 unspecified atom stereocenters. The van der Waals surface area contributed by atoms with Crippen LogP contribution in [0.25, 0.3) is 0 Å². The molecule has 2 aliphatic rings. The molecular weight excluding hydrogens is 326 g/mol. The van der Waals surface area contributed by atoms with Crippen molar-refractivity contribution in [3.05, 3.63) is 47.7 Å². The summed E-state index contributed by atoms with van der Waals surface area (Å²) in [6.07, 6.45) is 3.23. The maximum Gasteiger partial charge on any atom is 0.231 e. The van der Waals surface area contributed by atoms with Gasteiger partial charge in [-0.15, -0.1) is 0 Å². The van der Waals surface area contributed by atoms with Crippen molar-refractivity contribution in [1.82, 2.24) is 10.3 Å². The van der Waals surface area contributed by atoms with Crippen molar-refractivity contribution in [2.75, 3.05) is 24.8 Å². The second-order valence-corrected chi connectivity index (χ2v) is 7.63. The maximum absolute atomic E-state index is 5.57. The van der Waals surface area contributed by atoms with Crippen molar-refractivity contribution < 1.29 is 9.47 Å². The number of benzene rings is 1. The van der Waals surface area contributed by atoms with Gasteiger partial charge in [-0.3, -0.25) is 0 Å². The van der Waals surface area contributed by atoms with E-state index in [0.717, 1.165) is 60.9 Å². The fraction of sp³-hybridized carbons (Fsp3) is 0.476. The van der Waals surface area contributed by atoms with E-state index in [1.807, 2.05) is 18.3 Å². The highest BCUT2D eigenvalue weighted by Crippen LogP contribution is 2.35. The number of fused-ring (bicyclic) bond motifs is 1. The summed E-state index contributed by atoms with van der Waals surface area (Å²) in [5.41, 5.74) is 2.39. The number of para-hydroxylation sites is 1. The normalized spacial score (nSPS) is 21.8. The van der Waals surface area contributed by atoms with Crippen LogP contribution in [0.3, 0.4) is 0 Å². The van der Waals surface area contributed by atoms with E-state index >= 15 is 0 Å². The van der Waals surface area contributed by atoms with Gasteiger partial charge in [-0.05, 0) is 42.0 Å². The van der Waals surface area contributed by atoms with Gasteiger partial charge >= 0.3 is 0 Å². The number of piperidine rings is 1. The summed E-state index contributed by atoms with van der Waals surface area (Å²) < 4.78 is 11.0. The molecule has 2 aliphatic heterocycles. The molecule has 26 heavy (non-hydrogen) atoms. The molecule has 4 rings (SSSR count). The first-order valence-electron chi connectivity index (χ1n) is 9.47. The molecule has 1 aromatic carbocycles. The molecule has 0 amide bonds. The van der Waals surface area contributed by atoms with E-state index in [2.05, 4.69) is 47.2 Å². The van der Waals surface area contributed by atoms with Crippen molar-refractivity contribution in [2.24, 2.45) is 11.8 Å². The number of pyridine rings is 1. The molecule has 5 nitrogen and oxygen atoms in total. The van der Waals surface area contributed by atoms with Crippen LogP contribution < -0.4 is 19.7 Å². The van der Waals surface area contributed by atoms with Crippen LogP contribution in [0.15, 0.2) is 36.5 Å². The topological polar surface area (TPSA) is 46.6 Å². The Hall–Kier alpha value is -2.27. The first kappa shape index (κ1) is 17.2. The van der Waals surface area contributed by atoms with Gasteiger partial charge < -0.3 is 19.7 Å². The van der Waals surface area contributed by atoms with E-state index in [4.69, 9.17) is 9.47 Å². The Balaban J connectivity index is 1.38. The molecule has 0 spiro atoms. The standard InChI is InChI=1S/C21H27N3O2/c1-15-8-16(2)13-24(12-15)20-9-17(6-7-23-20)10-22-11-18-4-3-5-19-21(18)26-14-25-19/h3-7,9,15-16,22H,8,10-14H2,1-2H3. The molecule has 1 saturated heterocycles. The molecule has 0 bridgehead atoms. The summed E-state index contributed by atoms with van der Waals surface area (Å²) >= 11 is 0. The third kappa shape index (κ3) is 3.78. The quantitative estimate of drug-likeness (QED) is 0.890. The molecule has 5 heteroatoms. The molecular formula is C21H27N3O2. The average molecular weight is 353 g/mol. The van der Waals surface area contributed by atoms with E-state index in [9.17, 15) is 0 Å². The van der Waals surface area contributed by atoms with Crippen LogP contribution in [0, 0.1) is 11.8 Å². The smallest absolute Gasteiger partial charge is 0.231 e. The molecule has 1 N–H and O–H groups in total. The number of hydrogen-bond donors (Lipinski definition) is 1. The van der Waals surface area contributed by atoms with Crippen molar-refractivity contribution in [1.29, 1.82) is 0 Å². The largest absolute Gasteiger partial charge is 0.454 e. The molecule has 3 heterocycles. The van der Waals surface area contributed by atoms with Crippen LogP contribution in [-0.4, -0.2) is 24.9 Å². The SMILES string of the molecule is CC1CC(C)CN(c2cc(CNCc3cccc4c3OCO4)ccn2)C1. The van der Waals surface area contributed by atoms with Crippen LogP contribution in [0.1, 0.15) is 31.4 Å². The summed E-state index contributed by atoms with van der Waals surface area (Å²) in [7, 11) is 0. The summed E-state index contributed by atoms with van der Waals surface area (Å²) in [6.45, 7) is 8.73. The van der Waals surface area contributed by atoms with Gasteiger partial charge in [0.25, 0.3) is 0 Å². The lowest BCUT2D eigenvalue weighted by Crippen LogP contribution is -2.39. The minimum atomic E-state index is 0.312. The Morgan fingerprint density at radius 2 is 1.96 bits per heavy atom. The lowest BCUT2D eigenvalue weighted by Gasteiger charge is -2.36. The lowest BCUT2D eigenvalue weighted by molar-refractivity contribution is 0.173. The zero-order valence-corrected chi connectivity index (χ0v) is 15.6. The molecule has 1 fully saturated rings. The number of rotatable bonds is 5. The number of nitrogens with one attached hydrogen (secondary N) is 1. The molecule has 0 saturated carbocycles. The fourth-order valence-corrected chi connectivity index (χ4v) is 4.06. The van der Waals surface area contributed by atoms with Crippen molar-refractivity contribution >= 4 is 5.82 Å². The molecule has 2 aromatic rings. The van der Waals surface area contributed by atoms with Gasteiger partial charge in [-0.25, -0.2) is 4.98 Å². The van der Waals surface area contributed by atoms with Gasteiger partial charge in [0.2, 0.25) is 6.79 Å². The number of ether oxygens (including phenoxy) is 2. The third-order valence-corrected chi connectivity index (χ3v) is 5.13. The second-order valence-electron chi connectivity index (χ2n) is 7.63. The van der Waals surface area contributed by atoms with Gasteiger partial charge in [0.15, 0.2) is 11.5 Å². The van der Waals surface area contributed by atoms with E-state index in [0.29, 0.717) is 6.79 Å². The summed E-state index contributed by atoms with van der Waals surface area (Å²) in [5, 5.41) is 3.51. The summed E-state index contributed by atoms with van der Waals surface area (Å²) in [5.74, 6) is 4.25. The number of anilines is 1. The van der Waals surface area contributed by atoms with Gasteiger partial charge in [0, 0.05) is 37.9 Å². The Morgan fingerprint density at radius 1 is 1.12 bits per heavy atom. The van der Waals surface area contributed by atoms with Crippen LogP contribution in [-0.2, 0) is 13.1 Å². The summed E-state index contributed by atoms with van der Waals surface area (Å²) in [6, 6.07) is 10.3. The second kappa shape index (κ2) is 7.54. The minimum Gasteiger partial charge on any atom is -0.454 e. The van der Waals surface area contributed by atoms with Crippen LogP contribution in [0.5, 0.6) is 11.5 Å². The average Bonchev–Trinajstić information content (AvgIpc) is 3.11. The number of hydrogen-bond acceptors (Lipinski definition) is 5. The zero-order valence-electron chi connectivity index (χ0n) is 15.6. The van der Waals surface area contributed by atoms with Crippen LogP contribution >= 0.6 is 0 Å². The molecule has 2 atom stereocenters. The van der Waals surface area contributed by atoms with Gasteiger partial charge in [0.05, 0.1) is 0 Å². The van der Waals surface area contributed by atoms with Crippen LogP contribution in [0.2, 0.25) is 0 Å². The van der Waals surface area contributed by atoms with Gasteiger partial charge in [0.1, 0.15) is 5.82 Å². The van der Waals surface area contributed by atoms with E-state index in [1.54, 1.807) is 0 Å². The van der Waals surface area contributed by atoms with Gasteiger partial charge in [-0.2, -0.15) is 0 Å². The van der Waals surface area contributed by atoms with Crippen molar-refractivity contribution in [2.45, 2.75) is 33.4 Å². The molecule has 0 radical (unpaired) electrons. The third-order valence-electron chi connectivity index (χ3n) is 5.13. The Bertz CT molecular complexity index is 755. The Morgan fingerprint density at radius 3 is 2.81 bits per heavy atom. The predicted octanol–water partition coefficient (Wildman–Crippen LogP) is 3.58. The lowest BCUT2D eigenvalue weighted by atomic mass is 9.92. The number of nitrogens with zero attached hydrogens (tertiary/aromatic N) is 2. The molecule has 1 aromatic heterocycles. The highest BCUT2D eigenvalue weighted by atomic mass is 16.7. The molecule has 0 aliphatic carbocycles. The predicted molar refractivity (Wildman–Crippen MR) is 103 cm³/mol. The number of aromatic nitrogens is 1. The van der Waals surface area contributed by atoms with Crippen LogP contribution in [0.4, 0.5) is 5.82 Å². The Kier molecular flexibility index (Phi) is 4.98. The first-order valence-corrected chi connectivity index (χ1v) is 9.47. The monoisotopic (exact) mass is 353 g/mol. The summed E-state index contributed by atoms with van der Waals surface area (Å²) in [4.78, 5) is 7.04. The maximum atomic E-state index is 5.57. The van der Waals surface area contributed by atoms with Crippen molar-refractivity contribution in [3.63, 3.8) is 0 Å². The highest BCUT2D eigenvalue weighted by molar-refractivity contribution is 5.48. The fourth-order valence-electron chi connectivity index (χ4n) is 4.06. The van der Waals surface area contributed by atoms with E-state index < -0.39 is 0 Å². The molecule has 138 valence electrons. The van der Waals surface area contributed by atoms with E-state index in [-0.39, 0.29) is 0 Å². The first-order chi connectivity index (χ1) is 12.7. The van der Waals surface area contributed by atoms with E-state index in [1.165, 1.54) is 12.0 Å². The Labute approximate surface area is 155 Å². The highest BCUT2D eigenvalue weighted by Gasteiger charge is 2.22. The zero-order chi connectivity index (χ0) is 17.9. The van der Waals surface area contributed by atoms with Crippen molar-refractivity contribution in [3.8, 4) is 11.5 Å².